The van der Waals surface area contributed by atoms with E-state index in [4.69, 9.17) is 30.5 Å². The molecule has 0 saturated heterocycles. The highest BCUT2D eigenvalue weighted by atomic mass is 35.5. The quantitative estimate of drug-likeness (QED) is 0.274. The SMILES string of the molecule is CC(=O)OCC1(OC(C)=O)CC2(O)C(=O)C(C)=CC2C2(O)C(C)C(OC(C)=O)C3(OC(C)=O)C(C2C1Cl)C3(C)C. The molecule has 4 aliphatic carbocycles. The van der Waals surface area contributed by atoms with Crippen LogP contribution in [0.5, 0.6) is 0 Å². The molecule has 0 bridgehead atoms. The van der Waals surface area contributed by atoms with Crippen LogP contribution in [0.15, 0.2) is 11.6 Å². The Morgan fingerprint density at radius 1 is 1.00 bits per heavy atom. The molecule has 0 spiro atoms. The van der Waals surface area contributed by atoms with E-state index in [1.807, 2.05) is 0 Å². The Morgan fingerprint density at radius 2 is 1.57 bits per heavy atom. The number of alkyl halides is 1. The van der Waals surface area contributed by atoms with Crippen molar-refractivity contribution < 1.29 is 53.1 Å². The summed E-state index contributed by atoms with van der Waals surface area (Å²) in [5, 5.41) is 23.6. The summed E-state index contributed by atoms with van der Waals surface area (Å²) in [5.74, 6) is -7.83. The van der Waals surface area contributed by atoms with Crippen molar-refractivity contribution in [3.63, 3.8) is 0 Å². The standard InChI is InChI=1S/C28H37ClO11/c1-12-9-18-26(35,22(12)34)10-25(39-16(5)32,11-37-14(3)30)21(29)19-20-24(7,8)28(20,40-17(6)33)23(38-15(4)31)13(2)27(18,19)36/h9,13,18-21,23,35-36H,10-11H2,1-8H3. The van der Waals surface area contributed by atoms with Crippen LogP contribution in [0.3, 0.4) is 0 Å². The predicted molar refractivity (Wildman–Crippen MR) is 138 cm³/mol. The summed E-state index contributed by atoms with van der Waals surface area (Å²) in [6.07, 6.45) is -0.303. The highest BCUT2D eigenvalue weighted by Crippen LogP contribution is 2.78. The number of ether oxygens (including phenoxy) is 4. The van der Waals surface area contributed by atoms with Crippen LogP contribution in [0.1, 0.15) is 61.8 Å². The molecule has 3 fully saturated rings. The molecule has 4 rings (SSSR count). The normalized spacial score (nSPS) is 44.6. The molecule has 3 saturated carbocycles. The van der Waals surface area contributed by atoms with Crippen molar-refractivity contribution in [1.82, 2.24) is 0 Å². The van der Waals surface area contributed by atoms with Gasteiger partial charge in [-0.25, -0.2) is 0 Å². The fraction of sp³-hybridized carbons (Fsp3) is 0.750. The topological polar surface area (TPSA) is 163 Å². The minimum absolute atomic E-state index is 0.167. The number of ketones is 1. The van der Waals surface area contributed by atoms with Crippen molar-refractivity contribution in [3.05, 3.63) is 11.6 Å². The van der Waals surface area contributed by atoms with Gasteiger partial charge in [-0.3, -0.25) is 24.0 Å². The summed E-state index contributed by atoms with van der Waals surface area (Å²) in [7, 11) is 0. The summed E-state index contributed by atoms with van der Waals surface area (Å²) < 4.78 is 22.7. The Balaban J connectivity index is 2.05. The number of halogens is 1. The maximum absolute atomic E-state index is 13.6. The third kappa shape index (κ3) is 3.87. The highest BCUT2D eigenvalue weighted by molar-refractivity contribution is 6.22. The smallest absolute Gasteiger partial charge is 0.303 e. The number of carbonyl (C=O) groups is 5. The lowest BCUT2D eigenvalue weighted by atomic mass is 9.58. The van der Waals surface area contributed by atoms with Crippen molar-refractivity contribution >= 4 is 41.3 Å². The van der Waals surface area contributed by atoms with Crippen LogP contribution >= 0.6 is 11.6 Å². The van der Waals surface area contributed by atoms with E-state index in [1.165, 1.54) is 26.8 Å². The lowest BCUT2D eigenvalue weighted by Gasteiger charge is -2.54. The van der Waals surface area contributed by atoms with Gasteiger partial charge < -0.3 is 29.2 Å². The van der Waals surface area contributed by atoms with Gasteiger partial charge in [0.25, 0.3) is 0 Å². The number of aliphatic hydroxyl groups is 2. The zero-order chi connectivity index (χ0) is 30.4. The third-order valence-electron chi connectivity index (χ3n) is 9.70. The van der Waals surface area contributed by atoms with Gasteiger partial charge in [-0.15, -0.1) is 11.6 Å². The van der Waals surface area contributed by atoms with Gasteiger partial charge in [0.15, 0.2) is 17.0 Å². The van der Waals surface area contributed by atoms with Crippen LogP contribution in [0.4, 0.5) is 0 Å². The van der Waals surface area contributed by atoms with Gasteiger partial charge in [-0.1, -0.05) is 26.8 Å². The number of hydrogen-bond donors (Lipinski definition) is 2. The first-order chi connectivity index (χ1) is 18.2. The predicted octanol–water partition coefficient (Wildman–Crippen LogP) is 1.63. The van der Waals surface area contributed by atoms with Crippen molar-refractivity contribution in [3.8, 4) is 0 Å². The van der Waals surface area contributed by atoms with E-state index in [0.717, 1.165) is 13.8 Å². The first kappa shape index (κ1) is 30.5. The number of rotatable bonds is 5. The molecule has 0 aromatic carbocycles. The zero-order valence-corrected chi connectivity index (χ0v) is 24.7. The van der Waals surface area contributed by atoms with Gasteiger partial charge in [0, 0.05) is 63.2 Å². The molecular weight excluding hydrogens is 548 g/mol. The monoisotopic (exact) mass is 584 g/mol. The number of hydrogen-bond acceptors (Lipinski definition) is 11. The minimum atomic E-state index is -2.33. The van der Waals surface area contributed by atoms with Crippen molar-refractivity contribution in [1.29, 1.82) is 0 Å². The van der Waals surface area contributed by atoms with Crippen LogP contribution in [0.2, 0.25) is 0 Å². The number of fused-ring (bicyclic) bond motifs is 5. The van der Waals surface area contributed by atoms with Gasteiger partial charge >= 0.3 is 23.9 Å². The number of carbonyl (C=O) groups excluding carboxylic acids is 5. The van der Waals surface area contributed by atoms with E-state index in [1.54, 1.807) is 20.8 Å². The Morgan fingerprint density at radius 3 is 2.08 bits per heavy atom. The largest absolute Gasteiger partial charge is 0.462 e. The lowest BCUT2D eigenvalue weighted by Crippen LogP contribution is -2.67. The lowest BCUT2D eigenvalue weighted by molar-refractivity contribution is -0.232. The second-order valence-electron chi connectivity index (χ2n) is 12.4. The Bertz CT molecular complexity index is 1210. The van der Waals surface area contributed by atoms with Crippen LogP contribution in [-0.2, 0) is 42.9 Å². The van der Waals surface area contributed by atoms with Crippen LogP contribution in [-0.4, -0.2) is 80.4 Å². The molecule has 11 nitrogen and oxygen atoms in total. The average molecular weight is 585 g/mol. The molecule has 222 valence electrons. The number of Topliss-reactive ketones (excluding diaryl/α,β-unsaturated/α-hetero) is 1. The van der Waals surface area contributed by atoms with E-state index < -0.39 is 106 Å². The molecule has 2 N–H and O–H groups in total. The second-order valence-corrected chi connectivity index (χ2v) is 12.9. The van der Waals surface area contributed by atoms with Crippen LogP contribution in [0, 0.1) is 29.1 Å². The fourth-order valence-electron chi connectivity index (χ4n) is 8.29. The summed E-state index contributed by atoms with van der Waals surface area (Å²) in [6, 6.07) is 0. The molecule has 0 radical (unpaired) electrons. The Kier molecular flexibility index (Phi) is 7.05. The van der Waals surface area contributed by atoms with E-state index in [0.29, 0.717) is 0 Å². The summed E-state index contributed by atoms with van der Waals surface area (Å²) in [4.78, 5) is 62.7. The molecule has 40 heavy (non-hydrogen) atoms. The van der Waals surface area contributed by atoms with Gasteiger partial charge in [0.05, 0.1) is 11.0 Å². The Hall–Kier alpha value is -2.50. The second kappa shape index (κ2) is 9.25. The average Bonchev–Trinajstić information content (AvgIpc) is 3.20. The third-order valence-corrected chi connectivity index (χ3v) is 10.4. The van der Waals surface area contributed by atoms with Gasteiger partial charge in [-0.05, 0) is 12.5 Å². The van der Waals surface area contributed by atoms with Gasteiger partial charge in [0.1, 0.15) is 18.3 Å². The van der Waals surface area contributed by atoms with Crippen LogP contribution < -0.4 is 0 Å². The fourth-order valence-corrected chi connectivity index (χ4v) is 8.82. The Labute approximate surface area is 237 Å². The van der Waals surface area contributed by atoms with Gasteiger partial charge in [-0.2, -0.15) is 0 Å². The molecule has 0 aliphatic heterocycles. The van der Waals surface area contributed by atoms with Crippen molar-refractivity contribution in [2.45, 2.75) is 95.7 Å². The zero-order valence-electron chi connectivity index (χ0n) is 23.9. The van der Waals surface area contributed by atoms with Crippen molar-refractivity contribution in [2.75, 3.05) is 6.61 Å². The molecule has 4 aliphatic rings. The first-order valence-corrected chi connectivity index (χ1v) is 13.7. The molecule has 0 aromatic rings. The molecule has 0 aromatic heterocycles. The van der Waals surface area contributed by atoms with Crippen molar-refractivity contribution in [2.24, 2.45) is 29.1 Å². The molecular formula is C28H37ClO11. The summed E-state index contributed by atoms with van der Waals surface area (Å²) in [6.45, 7) is 10.7. The number of esters is 4. The molecule has 12 heteroatoms. The van der Waals surface area contributed by atoms with E-state index >= 15 is 0 Å². The van der Waals surface area contributed by atoms with Crippen LogP contribution in [0.25, 0.3) is 0 Å². The maximum atomic E-state index is 13.6. The van der Waals surface area contributed by atoms with E-state index in [2.05, 4.69) is 0 Å². The highest BCUT2D eigenvalue weighted by Gasteiger charge is 2.90. The van der Waals surface area contributed by atoms with E-state index in [-0.39, 0.29) is 5.57 Å². The molecule has 10 atom stereocenters. The maximum Gasteiger partial charge on any atom is 0.303 e. The first-order valence-electron chi connectivity index (χ1n) is 13.3. The molecule has 0 heterocycles. The molecule has 10 unspecified atom stereocenters. The van der Waals surface area contributed by atoms with Gasteiger partial charge in [0.2, 0.25) is 0 Å². The summed E-state index contributed by atoms with van der Waals surface area (Å²) >= 11 is 7.24. The summed E-state index contributed by atoms with van der Waals surface area (Å²) in [5.41, 5.74) is -8.56. The minimum Gasteiger partial charge on any atom is -0.462 e. The van der Waals surface area contributed by atoms with E-state index in [9.17, 15) is 34.2 Å². The molecule has 0 amide bonds.